The Morgan fingerprint density at radius 3 is 2.33 bits per heavy atom. The van der Waals surface area contributed by atoms with Crippen LogP contribution in [0.2, 0.25) is 0 Å². The number of hydrogen-bond acceptors (Lipinski definition) is 5. The van der Waals surface area contributed by atoms with Gasteiger partial charge in [-0.05, 0) is 45.2 Å². The van der Waals surface area contributed by atoms with Gasteiger partial charge in [0, 0.05) is 18.3 Å². The quantitative estimate of drug-likeness (QED) is 0.774. The minimum absolute atomic E-state index is 0.0486. The Morgan fingerprint density at radius 2 is 1.75 bits per heavy atom. The number of hydrogen-bond donors (Lipinski definition) is 0. The first-order chi connectivity index (χ1) is 11.2. The molecule has 6 nitrogen and oxygen atoms in total. The largest absolute Gasteiger partial charge is 0.452 e. The number of sulfone groups is 1. The average Bonchev–Trinajstić information content (AvgIpc) is 2.51. The summed E-state index contributed by atoms with van der Waals surface area (Å²) in [5.74, 6) is -1.05. The third-order valence-corrected chi connectivity index (χ3v) is 5.47. The SMILES string of the molecule is C[C@H]1CCC[C@H](C)N1C(=O)COC(=O)c1ccccc1S(C)(=O)=O. The highest BCUT2D eigenvalue weighted by atomic mass is 32.2. The van der Waals surface area contributed by atoms with E-state index in [-0.39, 0.29) is 35.1 Å². The minimum atomic E-state index is -3.55. The van der Waals surface area contributed by atoms with Gasteiger partial charge < -0.3 is 9.64 Å². The molecule has 1 saturated heterocycles. The fourth-order valence-corrected chi connectivity index (χ4v) is 4.03. The molecule has 0 N–H and O–H groups in total. The van der Waals surface area contributed by atoms with Gasteiger partial charge in [-0.1, -0.05) is 12.1 Å². The summed E-state index contributed by atoms with van der Waals surface area (Å²) in [6.45, 7) is 3.58. The van der Waals surface area contributed by atoms with Gasteiger partial charge in [0.25, 0.3) is 5.91 Å². The van der Waals surface area contributed by atoms with E-state index in [1.807, 2.05) is 13.8 Å². The highest BCUT2D eigenvalue weighted by molar-refractivity contribution is 7.90. The van der Waals surface area contributed by atoms with E-state index in [4.69, 9.17) is 4.74 Å². The van der Waals surface area contributed by atoms with Gasteiger partial charge in [-0.3, -0.25) is 4.79 Å². The van der Waals surface area contributed by atoms with E-state index in [9.17, 15) is 18.0 Å². The van der Waals surface area contributed by atoms with Gasteiger partial charge in [-0.2, -0.15) is 0 Å². The predicted octanol–water partition coefficient (Wildman–Crippen LogP) is 2.04. The van der Waals surface area contributed by atoms with Gasteiger partial charge in [0.2, 0.25) is 0 Å². The number of piperidine rings is 1. The molecule has 7 heteroatoms. The molecular formula is C17H23NO5S. The van der Waals surface area contributed by atoms with Crippen LogP contribution in [0.1, 0.15) is 43.5 Å². The smallest absolute Gasteiger partial charge is 0.339 e. The van der Waals surface area contributed by atoms with Crippen LogP contribution in [0.25, 0.3) is 0 Å². The third kappa shape index (κ3) is 4.14. The van der Waals surface area contributed by atoms with Crippen molar-refractivity contribution in [2.75, 3.05) is 12.9 Å². The molecule has 0 aliphatic carbocycles. The van der Waals surface area contributed by atoms with Crippen LogP contribution in [-0.4, -0.2) is 50.1 Å². The Balaban J connectivity index is 2.07. The number of ether oxygens (including phenoxy) is 1. The molecule has 1 heterocycles. The zero-order chi connectivity index (χ0) is 17.9. The summed E-state index contributed by atoms with van der Waals surface area (Å²) in [6, 6.07) is 6.06. The first-order valence-electron chi connectivity index (χ1n) is 7.99. The van der Waals surface area contributed by atoms with Crippen molar-refractivity contribution in [3.8, 4) is 0 Å². The number of amides is 1. The van der Waals surface area contributed by atoms with Crippen molar-refractivity contribution in [3.63, 3.8) is 0 Å². The minimum Gasteiger partial charge on any atom is -0.452 e. The number of carbonyl (C=O) groups is 2. The fourth-order valence-electron chi connectivity index (χ4n) is 3.15. The molecule has 1 aromatic rings. The highest BCUT2D eigenvalue weighted by Crippen LogP contribution is 2.23. The lowest BCUT2D eigenvalue weighted by Crippen LogP contribution is -2.49. The van der Waals surface area contributed by atoms with Gasteiger partial charge >= 0.3 is 5.97 Å². The summed E-state index contributed by atoms with van der Waals surface area (Å²) in [5, 5.41) is 0. The van der Waals surface area contributed by atoms with Crippen LogP contribution in [0.3, 0.4) is 0 Å². The molecule has 24 heavy (non-hydrogen) atoms. The number of benzene rings is 1. The van der Waals surface area contributed by atoms with Crippen LogP contribution in [-0.2, 0) is 19.4 Å². The van der Waals surface area contributed by atoms with Gasteiger partial charge in [0.05, 0.1) is 10.5 Å². The van der Waals surface area contributed by atoms with Crippen molar-refractivity contribution in [1.82, 2.24) is 4.90 Å². The molecule has 1 aliphatic rings. The third-order valence-electron chi connectivity index (χ3n) is 4.31. The van der Waals surface area contributed by atoms with Crippen molar-refractivity contribution >= 4 is 21.7 Å². The van der Waals surface area contributed by atoms with Gasteiger partial charge in [-0.15, -0.1) is 0 Å². The highest BCUT2D eigenvalue weighted by Gasteiger charge is 2.29. The second-order valence-electron chi connectivity index (χ2n) is 6.27. The van der Waals surface area contributed by atoms with E-state index >= 15 is 0 Å². The van der Waals surface area contributed by atoms with Crippen LogP contribution in [0.4, 0.5) is 0 Å². The molecule has 2 rings (SSSR count). The van der Waals surface area contributed by atoms with Crippen LogP contribution in [0.5, 0.6) is 0 Å². The molecule has 1 fully saturated rings. The molecule has 1 amide bonds. The second-order valence-corrected chi connectivity index (χ2v) is 8.26. The van der Waals surface area contributed by atoms with Crippen molar-refractivity contribution in [2.45, 2.75) is 50.1 Å². The van der Waals surface area contributed by atoms with E-state index in [0.29, 0.717) is 0 Å². The normalized spacial score (nSPS) is 21.4. The Hall–Kier alpha value is -1.89. The van der Waals surface area contributed by atoms with E-state index in [1.54, 1.807) is 11.0 Å². The van der Waals surface area contributed by atoms with Crippen LogP contribution in [0.15, 0.2) is 29.2 Å². The molecule has 0 aromatic heterocycles. The maximum Gasteiger partial charge on any atom is 0.339 e. The molecule has 0 spiro atoms. The van der Waals surface area contributed by atoms with E-state index in [2.05, 4.69) is 0 Å². The lowest BCUT2D eigenvalue weighted by molar-refractivity contribution is -0.140. The summed E-state index contributed by atoms with van der Waals surface area (Å²) >= 11 is 0. The first-order valence-corrected chi connectivity index (χ1v) is 9.88. The molecule has 1 aromatic carbocycles. The fraction of sp³-hybridized carbons (Fsp3) is 0.529. The number of carbonyl (C=O) groups excluding carboxylic acids is 2. The Bertz CT molecular complexity index is 718. The molecule has 2 atom stereocenters. The molecule has 132 valence electrons. The van der Waals surface area contributed by atoms with Crippen molar-refractivity contribution in [3.05, 3.63) is 29.8 Å². The first kappa shape index (κ1) is 18.4. The van der Waals surface area contributed by atoms with E-state index in [1.165, 1.54) is 18.2 Å². The summed E-state index contributed by atoms with van der Waals surface area (Å²) in [6.07, 6.45) is 3.97. The standard InChI is InChI=1S/C17H23NO5S/c1-12-7-6-8-13(2)18(12)16(19)11-23-17(20)14-9-4-5-10-15(14)24(3,21)22/h4-5,9-10,12-13H,6-8,11H2,1-3H3/t12-,13-/m0/s1. The number of esters is 1. The van der Waals surface area contributed by atoms with Crippen molar-refractivity contribution < 1.29 is 22.7 Å². The average molecular weight is 353 g/mol. The molecule has 0 bridgehead atoms. The maximum absolute atomic E-state index is 12.4. The molecule has 1 aliphatic heterocycles. The van der Waals surface area contributed by atoms with E-state index < -0.39 is 15.8 Å². The topological polar surface area (TPSA) is 80.8 Å². The molecular weight excluding hydrogens is 330 g/mol. The molecule has 0 unspecified atom stereocenters. The Labute approximate surface area is 142 Å². The lowest BCUT2D eigenvalue weighted by atomic mass is 9.97. The van der Waals surface area contributed by atoms with Gasteiger partial charge in [0.1, 0.15) is 0 Å². The second kappa shape index (κ2) is 7.34. The van der Waals surface area contributed by atoms with Crippen molar-refractivity contribution in [2.24, 2.45) is 0 Å². The predicted molar refractivity (Wildman–Crippen MR) is 89.5 cm³/mol. The molecule has 0 radical (unpaired) electrons. The number of likely N-dealkylation sites (tertiary alicyclic amines) is 1. The van der Waals surface area contributed by atoms with Crippen LogP contribution in [0, 0.1) is 0 Å². The summed E-state index contributed by atoms with van der Waals surface area (Å²) in [4.78, 5) is 26.2. The summed E-state index contributed by atoms with van der Waals surface area (Å²) < 4.78 is 28.6. The number of nitrogens with zero attached hydrogens (tertiary/aromatic N) is 1. The van der Waals surface area contributed by atoms with Crippen LogP contribution < -0.4 is 0 Å². The monoisotopic (exact) mass is 353 g/mol. The van der Waals surface area contributed by atoms with Gasteiger partial charge in [0.15, 0.2) is 16.4 Å². The Morgan fingerprint density at radius 1 is 1.17 bits per heavy atom. The maximum atomic E-state index is 12.4. The van der Waals surface area contributed by atoms with E-state index in [0.717, 1.165) is 25.5 Å². The van der Waals surface area contributed by atoms with Crippen molar-refractivity contribution in [1.29, 1.82) is 0 Å². The van der Waals surface area contributed by atoms with Gasteiger partial charge in [-0.25, -0.2) is 13.2 Å². The zero-order valence-corrected chi connectivity index (χ0v) is 15.0. The molecule has 0 saturated carbocycles. The van der Waals surface area contributed by atoms with Crippen LogP contribution >= 0.6 is 0 Å². The Kier molecular flexibility index (Phi) is 5.64. The zero-order valence-electron chi connectivity index (χ0n) is 14.2. The summed E-state index contributed by atoms with van der Waals surface area (Å²) in [7, 11) is -3.55. The number of rotatable bonds is 4. The lowest BCUT2D eigenvalue weighted by Gasteiger charge is -2.38. The summed E-state index contributed by atoms with van der Waals surface area (Å²) in [5.41, 5.74) is -0.0486.